The molecule has 1 aromatic rings. The molecular weight excluding hydrogens is 181 g/mol. The second kappa shape index (κ2) is 2.76. The van der Waals surface area contributed by atoms with Crippen molar-refractivity contribution in [2.45, 2.75) is 12.6 Å². The molecule has 0 amide bonds. The number of hydrogen-bond acceptors (Lipinski definition) is 0. The minimum Gasteiger partial charge on any atom is -0.357 e. The van der Waals surface area contributed by atoms with Gasteiger partial charge in [-0.1, -0.05) is 0 Å². The zero-order chi connectivity index (χ0) is 9.35. The Hall–Kier alpha value is -1.07. The lowest BCUT2D eigenvalue weighted by atomic mass is 10.2. The Labute approximate surface area is 64.2 Å². The van der Waals surface area contributed by atoms with Gasteiger partial charge in [0.25, 0.3) is 6.43 Å². The van der Waals surface area contributed by atoms with Crippen molar-refractivity contribution >= 4 is 0 Å². The van der Waals surface area contributed by atoms with E-state index in [1.165, 1.54) is 0 Å². The third-order valence-electron chi connectivity index (χ3n) is 1.30. The van der Waals surface area contributed by atoms with E-state index in [-0.39, 0.29) is 0 Å². The third kappa shape index (κ3) is 1.57. The number of aromatic amines is 1. The third-order valence-corrected chi connectivity index (χ3v) is 1.30. The number of nitrogens with one attached hydrogen (secondary N) is 1. The van der Waals surface area contributed by atoms with Crippen LogP contribution in [0.1, 0.15) is 17.7 Å². The molecule has 6 heteroatoms. The molecule has 1 nitrogen and oxygen atoms in total. The van der Waals surface area contributed by atoms with Gasteiger partial charge in [0.15, 0.2) is 0 Å². The molecule has 0 radical (unpaired) electrons. The van der Waals surface area contributed by atoms with Gasteiger partial charge in [-0.2, -0.15) is 13.2 Å². The first-order valence-electron chi connectivity index (χ1n) is 2.95. The fourth-order valence-electron chi connectivity index (χ4n) is 0.809. The summed E-state index contributed by atoms with van der Waals surface area (Å²) in [5.74, 6) is 0. The van der Waals surface area contributed by atoms with Gasteiger partial charge in [-0.05, 0) is 6.07 Å². The highest BCUT2D eigenvalue weighted by Gasteiger charge is 2.36. The second-order valence-electron chi connectivity index (χ2n) is 2.11. The average molecular weight is 185 g/mol. The Kier molecular flexibility index (Phi) is 2.08. The summed E-state index contributed by atoms with van der Waals surface area (Å²) < 4.78 is 59.4. The smallest absolute Gasteiger partial charge is 0.357 e. The Bertz CT molecular complexity index is 261. The molecule has 0 aliphatic carbocycles. The molecule has 0 spiro atoms. The molecule has 1 rings (SSSR count). The van der Waals surface area contributed by atoms with Crippen LogP contribution in [0, 0.1) is 0 Å². The van der Waals surface area contributed by atoms with E-state index in [9.17, 15) is 22.0 Å². The summed E-state index contributed by atoms with van der Waals surface area (Å²) >= 11 is 0. The maximum absolute atomic E-state index is 11.9. The molecule has 0 saturated carbocycles. The largest absolute Gasteiger partial charge is 0.431 e. The number of H-pyrrole nitrogens is 1. The Morgan fingerprint density at radius 2 is 1.83 bits per heavy atom. The summed E-state index contributed by atoms with van der Waals surface area (Å²) in [5.41, 5.74) is -2.39. The van der Waals surface area contributed by atoms with E-state index in [2.05, 4.69) is 0 Å². The quantitative estimate of drug-likeness (QED) is 0.647. The zero-order valence-electron chi connectivity index (χ0n) is 5.62. The van der Waals surface area contributed by atoms with Gasteiger partial charge in [0.05, 0.1) is 0 Å². The molecule has 0 atom stereocenters. The van der Waals surface area contributed by atoms with Gasteiger partial charge >= 0.3 is 6.18 Å². The van der Waals surface area contributed by atoms with E-state index in [1.54, 1.807) is 4.98 Å². The van der Waals surface area contributed by atoms with Crippen molar-refractivity contribution in [1.82, 2.24) is 4.98 Å². The van der Waals surface area contributed by atoms with Crippen molar-refractivity contribution in [3.8, 4) is 0 Å². The monoisotopic (exact) mass is 185 g/mol. The topological polar surface area (TPSA) is 15.8 Å². The molecule has 12 heavy (non-hydrogen) atoms. The van der Waals surface area contributed by atoms with Gasteiger partial charge in [0.1, 0.15) is 5.69 Å². The van der Waals surface area contributed by atoms with Crippen molar-refractivity contribution in [2.75, 3.05) is 0 Å². The Morgan fingerprint density at radius 3 is 2.17 bits per heavy atom. The van der Waals surface area contributed by atoms with Gasteiger partial charge in [0, 0.05) is 11.8 Å². The summed E-state index contributed by atoms with van der Waals surface area (Å²) in [4.78, 5) is 1.72. The number of rotatable bonds is 1. The molecule has 0 bridgehead atoms. The second-order valence-corrected chi connectivity index (χ2v) is 2.11. The van der Waals surface area contributed by atoms with Crippen LogP contribution in [0.2, 0.25) is 0 Å². The highest BCUT2D eigenvalue weighted by Crippen LogP contribution is 2.34. The first-order valence-corrected chi connectivity index (χ1v) is 2.95. The highest BCUT2D eigenvalue weighted by molar-refractivity contribution is 5.24. The Balaban J connectivity index is 3.08. The molecule has 1 N–H and O–H groups in total. The van der Waals surface area contributed by atoms with Crippen molar-refractivity contribution < 1.29 is 22.0 Å². The van der Waals surface area contributed by atoms with Crippen LogP contribution in [-0.2, 0) is 6.18 Å². The molecule has 0 aromatic carbocycles. The molecule has 0 fully saturated rings. The molecule has 1 aromatic heterocycles. The van der Waals surface area contributed by atoms with Crippen molar-refractivity contribution in [3.05, 3.63) is 23.5 Å². The van der Waals surface area contributed by atoms with Gasteiger partial charge in [-0.3, -0.25) is 0 Å². The first kappa shape index (κ1) is 9.02. The van der Waals surface area contributed by atoms with E-state index in [0.717, 1.165) is 6.20 Å². The van der Waals surface area contributed by atoms with Crippen LogP contribution in [0.25, 0.3) is 0 Å². The molecule has 0 unspecified atom stereocenters. The number of alkyl halides is 5. The lowest BCUT2D eigenvalue weighted by Crippen LogP contribution is -2.08. The van der Waals surface area contributed by atoms with Crippen LogP contribution in [-0.4, -0.2) is 4.98 Å². The maximum atomic E-state index is 11.9. The van der Waals surface area contributed by atoms with E-state index < -0.39 is 23.9 Å². The van der Waals surface area contributed by atoms with Gasteiger partial charge < -0.3 is 4.98 Å². The van der Waals surface area contributed by atoms with Crippen molar-refractivity contribution in [3.63, 3.8) is 0 Å². The molecular formula is C6H4F5N. The highest BCUT2D eigenvalue weighted by atomic mass is 19.4. The van der Waals surface area contributed by atoms with Crippen LogP contribution in [0.5, 0.6) is 0 Å². The predicted molar refractivity (Wildman–Crippen MR) is 30.8 cm³/mol. The van der Waals surface area contributed by atoms with E-state index in [4.69, 9.17) is 0 Å². The van der Waals surface area contributed by atoms with Gasteiger partial charge in [0.2, 0.25) is 0 Å². The molecule has 0 aliphatic rings. The van der Waals surface area contributed by atoms with Crippen LogP contribution in [0.3, 0.4) is 0 Å². The maximum Gasteiger partial charge on any atom is 0.431 e. The molecule has 68 valence electrons. The average Bonchev–Trinajstić information content (AvgIpc) is 2.30. The van der Waals surface area contributed by atoms with Crippen LogP contribution in [0.4, 0.5) is 22.0 Å². The summed E-state index contributed by atoms with van der Waals surface area (Å²) in [5, 5.41) is 0. The normalized spacial score (nSPS) is 12.5. The standard InChI is InChI=1S/C6H4F5N/c7-5(8)3-1-2-12-4(3)6(9,10)11/h1-2,5,12H. The number of halogens is 5. The fraction of sp³-hybridized carbons (Fsp3) is 0.333. The molecule has 0 saturated heterocycles. The van der Waals surface area contributed by atoms with Crippen LogP contribution in [0.15, 0.2) is 12.3 Å². The zero-order valence-corrected chi connectivity index (χ0v) is 5.62. The predicted octanol–water partition coefficient (Wildman–Crippen LogP) is 2.97. The number of hydrogen-bond donors (Lipinski definition) is 1. The van der Waals surface area contributed by atoms with Crippen molar-refractivity contribution in [2.24, 2.45) is 0 Å². The minimum absolute atomic E-state index is 0.716. The van der Waals surface area contributed by atoms with Gasteiger partial charge in [-0.25, -0.2) is 8.78 Å². The lowest BCUT2D eigenvalue weighted by molar-refractivity contribution is -0.142. The molecule has 1 heterocycles. The van der Waals surface area contributed by atoms with E-state index in [1.807, 2.05) is 0 Å². The summed E-state index contributed by atoms with van der Waals surface area (Å²) in [6.07, 6.45) is -7.01. The van der Waals surface area contributed by atoms with Crippen LogP contribution < -0.4 is 0 Å². The van der Waals surface area contributed by atoms with Crippen molar-refractivity contribution in [1.29, 1.82) is 0 Å². The number of aromatic nitrogens is 1. The fourth-order valence-corrected chi connectivity index (χ4v) is 0.809. The molecule has 0 aliphatic heterocycles. The minimum atomic E-state index is -4.74. The van der Waals surface area contributed by atoms with Gasteiger partial charge in [-0.15, -0.1) is 0 Å². The Morgan fingerprint density at radius 1 is 1.25 bits per heavy atom. The van der Waals surface area contributed by atoms with Crippen LogP contribution >= 0.6 is 0 Å². The lowest BCUT2D eigenvalue weighted by Gasteiger charge is -2.06. The first-order chi connectivity index (χ1) is 5.43. The summed E-state index contributed by atoms with van der Waals surface area (Å²) in [6, 6.07) is 0.716. The summed E-state index contributed by atoms with van der Waals surface area (Å²) in [6.45, 7) is 0. The summed E-state index contributed by atoms with van der Waals surface area (Å²) in [7, 11) is 0. The van der Waals surface area contributed by atoms with E-state index in [0.29, 0.717) is 6.07 Å². The SMILES string of the molecule is FC(F)c1cc[nH]c1C(F)(F)F. The van der Waals surface area contributed by atoms with E-state index >= 15 is 0 Å².